The van der Waals surface area contributed by atoms with Gasteiger partial charge in [0.15, 0.2) is 0 Å². The van der Waals surface area contributed by atoms with E-state index in [1.54, 1.807) is 24.3 Å². The molecule has 0 saturated heterocycles. The Morgan fingerprint density at radius 3 is 2.14 bits per heavy atom. The van der Waals surface area contributed by atoms with E-state index in [4.69, 9.17) is 5.73 Å². The highest BCUT2D eigenvalue weighted by atomic mass is 16.6. The largest absolute Gasteiger partial charge is 0.478 e. The zero-order valence-electron chi connectivity index (χ0n) is 10.9. The molecule has 106 valence electrons. The molecule has 21 heavy (non-hydrogen) atoms. The molecule has 0 aliphatic carbocycles. The van der Waals surface area contributed by atoms with E-state index in [1.165, 1.54) is 30.3 Å². The topological polar surface area (TPSA) is 106 Å². The smallest absolute Gasteiger partial charge is 0.336 e. The van der Waals surface area contributed by atoms with Crippen LogP contribution in [0.15, 0.2) is 48.5 Å². The molecule has 2 aromatic carbocycles. The van der Waals surface area contributed by atoms with Gasteiger partial charge in [-0.25, -0.2) is 4.79 Å². The van der Waals surface area contributed by atoms with Crippen molar-refractivity contribution in [3.8, 4) is 0 Å². The molecule has 2 rings (SSSR count). The van der Waals surface area contributed by atoms with Crippen LogP contribution in [0.3, 0.4) is 0 Å². The number of aliphatic carboxylic acids is 1. The van der Waals surface area contributed by atoms with E-state index >= 15 is 0 Å². The number of nitrogen functional groups attached to an aromatic ring is 1. The lowest BCUT2D eigenvalue weighted by Crippen LogP contribution is -2.00. The van der Waals surface area contributed by atoms with Gasteiger partial charge in [-0.05, 0) is 41.5 Å². The summed E-state index contributed by atoms with van der Waals surface area (Å²) < 4.78 is 0. The molecule has 0 spiro atoms. The normalized spacial score (nSPS) is 11.1. The van der Waals surface area contributed by atoms with E-state index in [0.717, 1.165) is 0 Å². The summed E-state index contributed by atoms with van der Waals surface area (Å²) in [6.45, 7) is 0. The lowest BCUT2D eigenvalue weighted by molar-refractivity contribution is -0.384. The molecular weight excluding hydrogens is 272 g/mol. The first kappa shape index (κ1) is 14.3. The van der Waals surface area contributed by atoms with E-state index in [9.17, 15) is 20.0 Å². The minimum absolute atomic E-state index is 0.0449. The number of nitrogens with zero attached hydrogens (tertiary/aromatic N) is 1. The number of nitro benzene ring substituents is 1. The van der Waals surface area contributed by atoms with E-state index < -0.39 is 10.9 Å². The van der Waals surface area contributed by atoms with Crippen LogP contribution in [0.25, 0.3) is 11.6 Å². The van der Waals surface area contributed by atoms with Crippen molar-refractivity contribution in [2.45, 2.75) is 0 Å². The monoisotopic (exact) mass is 284 g/mol. The summed E-state index contributed by atoms with van der Waals surface area (Å²) in [6, 6.07) is 12.1. The van der Waals surface area contributed by atoms with Crippen molar-refractivity contribution in [1.29, 1.82) is 0 Å². The molecule has 0 unspecified atom stereocenters. The van der Waals surface area contributed by atoms with Gasteiger partial charge in [0, 0.05) is 17.8 Å². The Kier molecular flexibility index (Phi) is 3.99. The summed E-state index contributed by atoms with van der Waals surface area (Å²) in [5.74, 6) is -1.09. The Labute approximate surface area is 120 Å². The zero-order valence-corrected chi connectivity index (χ0v) is 10.9. The van der Waals surface area contributed by atoms with Gasteiger partial charge in [-0.1, -0.05) is 12.1 Å². The van der Waals surface area contributed by atoms with Crippen molar-refractivity contribution in [3.05, 3.63) is 69.8 Å². The van der Waals surface area contributed by atoms with Crippen LogP contribution >= 0.6 is 0 Å². The number of carboxylic acid groups (broad SMARTS) is 1. The molecule has 3 N–H and O–H groups in total. The van der Waals surface area contributed by atoms with Gasteiger partial charge in [-0.3, -0.25) is 10.1 Å². The molecular formula is C15H12N2O4. The van der Waals surface area contributed by atoms with Crippen molar-refractivity contribution in [3.63, 3.8) is 0 Å². The number of rotatable bonds is 4. The lowest BCUT2D eigenvalue weighted by atomic mass is 10.0. The summed E-state index contributed by atoms with van der Waals surface area (Å²) in [7, 11) is 0. The van der Waals surface area contributed by atoms with Gasteiger partial charge in [-0.2, -0.15) is 0 Å². The number of nitro groups is 1. The van der Waals surface area contributed by atoms with Crippen LogP contribution in [0.4, 0.5) is 11.4 Å². The molecule has 0 bridgehead atoms. The predicted octanol–water partition coefficient (Wildman–Crippen LogP) is 2.80. The maximum atomic E-state index is 11.4. The van der Waals surface area contributed by atoms with E-state index in [-0.39, 0.29) is 11.3 Å². The highest BCUT2D eigenvalue weighted by molar-refractivity contribution is 6.20. The molecule has 0 aromatic heterocycles. The Morgan fingerprint density at radius 1 is 1.10 bits per heavy atom. The quantitative estimate of drug-likeness (QED) is 0.295. The molecule has 0 atom stereocenters. The van der Waals surface area contributed by atoms with Crippen LogP contribution in [0.5, 0.6) is 0 Å². The van der Waals surface area contributed by atoms with Gasteiger partial charge < -0.3 is 10.8 Å². The molecule has 0 aliphatic heterocycles. The molecule has 2 aromatic rings. The second-order valence-electron chi connectivity index (χ2n) is 4.33. The maximum absolute atomic E-state index is 11.4. The van der Waals surface area contributed by atoms with E-state index in [0.29, 0.717) is 16.8 Å². The third-order valence-electron chi connectivity index (χ3n) is 2.87. The van der Waals surface area contributed by atoms with E-state index in [2.05, 4.69) is 0 Å². The van der Waals surface area contributed by atoms with E-state index in [1.807, 2.05) is 0 Å². The van der Waals surface area contributed by atoms with Crippen molar-refractivity contribution in [1.82, 2.24) is 0 Å². The first-order valence-electron chi connectivity index (χ1n) is 6.03. The first-order chi connectivity index (χ1) is 9.97. The number of carboxylic acids is 1. The first-order valence-corrected chi connectivity index (χ1v) is 6.03. The third-order valence-corrected chi connectivity index (χ3v) is 2.87. The standard InChI is InChI=1S/C15H12N2O4/c16-12-5-3-11(4-6-12)14(15(18)19)9-10-1-7-13(8-2-10)17(20)21/h1-9H,16H2,(H,18,19)/b14-9-. The number of anilines is 1. The number of hydrogen-bond donors (Lipinski definition) is 2. The van der Waals surface area contributed by atoms with Crippen LogP contribution in [-0.2, 0) is 4.79 Å². The number of non-ortho nitro benzene ring substituents is 1. The molecule has 0 saturated carbocycles. The zero-order chi connectivity index (χ0) is 15.4. The summed E-state index contributed by atoms with van der Waals surface area (Å²) >= 11 is 0. The summed E-state index contributed by atoms with van der Waals surface area (Å²) in [4.78, 5) is 21.4. The Balaban J connectivity index is 2.40. The number of benzene rings is 2. The molecule has 0 heterocycles. The summed E-state index contributed by atoms with van der Waals surface area (Å²) in [5, 5.41) is 19.9. The minimum Gasteiger partial charge on any atom is -0.478 e. The number of carbonyl (C=O) groups is 1. The minimum atomic E-state index is -1.09. The van der Waals surface area contributed by atoms with Gasteiger partial charge >= 0.3 is 5.97 Å². The van der Waals surface area contributed by atoms with Crippen molar-refractivity contribution in [2.24, 2.45) is 0 Å². The van der Waals surface area contributed by atoms with Crippen LogP contribution in [0.2, 0.25) is 0 Å². The maximum Gasteiger partial charge on any atom is 0.336 e. The molecule has 6 heteroatoms. The Bertz CT molecular complexity index is 703. The molecule has 0 radical (unpaired) electrons. The second kappa shape index (κ2) is 5.87. The van der Waals surface area contributed by atoms with Crippen molar-refractivity contribution >= 4 is 29.0 Å². The fraction of sp³-hybridized carbons (Fsp3) is 0. The fourth-order valence-corrected chi connectivity index (χ4v) is 1.79. The SMILES string of the molecule is Nc1ccc(/C(=C/c2ccc([N+](=O)[O-])cc2)C(=O)O)cc1. The predicted molar refractivity (Wildman–Crippen MR) is 79.5 cm³/mol. The average Bonchev–Trinajstić information content (AvgIpc) is 2.46. The van der Waals surface area contributed by atoms with Crippen LogP contribution in [0, 0.1) is 10.1 Å². The molecule has 0 fully saturated rings. The highest BCUT2D eigenvalue weighted by Crippen LogP contribution is 2.21. The van der Waals surface area contributed by atoms with Crippen LogP contribution < -0.4 is 5.73 Å². The van der Waals surface area contributed by atoms with Crippen molar-refractivity contribution < 1.29 is 14.8 Å². The number of nitrogens with two attached hydrogens (primary N) is 1. The molecule has 0 amide bonds. The average molecular weight is 284 g/mol. The van der Waals surface area contributed by atoms with Crippen molar-refractivity contribution in [2.75, 3.05) is 5.73 Å². The number of hydrogen-bond acceptors (Lipinski definition) is 4. The van der Waals surface area contributed by atoms with Gasteiger partial charge in [0.2, 0.25) is 0 Å². The molecule has 6 nitrogen and oxygen atoms in total. The Morgan fingerprint density at radius 2 is 1.67 bits per heavy atom. The Hall–Kier alpha value is -3.15. The molecule has 0 aliphatic rings. The van der Waals surface area contributed by atoms with Crippen LogP contribution in [0.1, 0.15) is 11.1 Å². The third kappa shape index (κ3) is 3.44. The fourth-order valence-electron chi connectivity index (χ4n) is 1.79. The van der Waals surface area contributed by atoms with Gasteiger partial charge in [-0.15, -0.1) is 0 Å². The lowest BCUT2D eigenvalue weighted by Gasteiger charge is -2.04. The van der Waals surface area contributed by atoms with Gasteiger partial charge in [0.25, 0.3) is 5.69 Å². The highest BCUT2D eigenvalue weighted by Gasteiger charge is 2.11. The van der Waals surface area contributed by atoms with Gasteiger partial charge in [0.1, 0.15) is 0 Å². The van der Waals surface area contributed by atoms with Gasteiger partial charge in [0.05, 0.1) is 10.5 Å². The van der Waals surface area contributed by atoms with Crippen LogP contribution in [-0.4, -0.2) is 16.0 Å². The summed E-state index contributed by atoms with van der Waals surface area (Å²) in [6.07, 6.45) is 1.46. The summed E-state index contributed by atoms with van der Waals surface area (Å²) in [5.41, 5.74) is 7.23. The second-order valence-corrected chi connectivity index (χ2v) is 4.33.